The molecule has 0 bridgehead atoms. The van der Waals surface area contributed by atoms with Crippen LogP contribution in [0.3, 0.4) is 0 Å². The number of carbonyl (C=O) groups is 1. The van der Waals surface area contributed by atoms with Crippen LogP contribution in [0.5, 0.6) is 0 Å². The maximum absolute atomic E-state index is 12.3. The number of carbonyl (C=O) groups excluding carboxylic acids is 1. The van der Waals surface area contributed by atoms with Gasteiger partial charge in [0, 0.05) is 0 Å². The minimum absolute atomic E-state index is 0.0183. The van der Waals surface area contributed by atoms with Crippen molar-refractivity contribution in [3.8, 4) is 0 Å². The van der Waals surface area contributed by atoms with E-state index in [-0.39, 0.29) is 11.7 Å². The first-order valence-electron chi connectivity index (χ1n) is 6.80. The van der Waals surface area contributed by atoms with Crippen LogP contribution in [-0.4, -0.2) is 5.78 Å². The van der Waals surface area contributed by atoms with Crippen LogP contribution in [0.4, 0.5) is 0 Å². The third-order valence-corrected chi connectivity index (χ3v) is 4.13. The Balaban J connectivity index is 2.22. The van der Waals surface area contributed by atoms with Gasteiger partial charge in [0.25, 0.3) is 0 Å². The molecule has 2 aliphatic rings. The average molecular weight is 238 g/mol. The molecule has 18 heavy (non-hydrogen) atoms. The van der Waals surface area contributed by atoms with E-state index < -0.39 is 0 Å². The molecule has 0 fully saturated rings. The second-order valence-corrected chi connectivity index (χ2v) is 5.14. The Kier molecular flexibility index (Phi) is 2.70. The van der Waals surface area contributed by atoms with Crippen molar-refractivity contribution < 1.29 is 4.79 Å². The first-order chi connectivity index (χ1) is 8.74. The monoisotopic (exact) mass is 238 g/mol. The summed E-state index contributed by atoms with van der Waals surface area (Å²) in [6, 6.07) is 6.47. The second-order valence-electron chi connectivity index (χ2n) is 5.14. The van der Waals surface area contributed by atoms with Crippen LogP contribution < -0.4 is 0 Å². The van der Waals surface area contributed by atoms with Crippen molar-refractivity contribution in [1.82, 2.24) is 0 Å². The van der Waals surface area contributed by atoms with E-state index in [0.29, 0.717) is 0 Å². The Bertz CT molecular complexity index is 575. The number of benzene rings is 1. The van der Waals surface area contributed by atoms with Crippen molar-refractivity contribution in [2.24, 2.45) is 0 Å². The SMILES string of the molecule is CCC1=CC2C(=O)C=C(CC)c3cccc(c32)C1. The molecule has 1 atom stereocenters. The van der Waals surface area contributed by atoms with Crippen LogP contribution >= 0.6 is 0 Å². The lowest BCUT2D eigenvalue weighted by molar-refractivity contribution is -0.115. The van der Waals surface area contributed by atoms with E-state index in [0.717, 1.165) is 19.3 Å². The van der Waals surface area contributed by atoms with Gasteiger partial charge < -0.3 is 0 Å². The molecule has 1 nitrogen and oxygen atoms in total. The van der Waals surface area contributed by atoms with Gasteiger partial charge in [0.05, 0.1) is 5.92 Å². The van der Waals surface area contributed by atoms with Gasteiger partial charge in [0.2, 0.25) is 0 Å². The normalized spacial score (nSPS) is 21.2. The molecular weight excluding hydrogens is 220 g/mol. The first-order valence-corrected chi connectivity index (χ1v) is 6.80. The predicted molar refractivity (Wildman–Crippen MR) is 74.5 cm³/mol. The molecule has 0 N–H and O–H groups in total. The molecule has 0 spiro atoms. The highest BCUT2D eigenvalue weighted by molar-refractivity contribution is 6.06. The second kappa shape index (κ2) is 4.24. The van der Waals surface area contributed by atoms with Crippen LogP contribution in [-0.2, 0) is 11.2 Å². The van der Waals surface area contributed by atoms with E-state index >= 15 is 0 Å². The fourth-order valence-corrected chi connectivity index (χ4v) is 3.14. The molecule has 0 heterocycles. The molecule has 1 aromatic carbocycles. The average Bonchev–Trinajstić information content (AvgIpc) is 2.42. The van der Waals surface area contributed by atoms with Crippen molar-refractivity contribution in [1.29, 1.82) is 0 Å². The summed E-state index contributed by atoms with van der Waals surface area (Å²) in [4.78, 5) is 12.3. The fraction of sp³-hybridized carbons (Fsp3) is 0.353. The van der Waals surface area contributed by atoms with Gasteiger partial charge in [0.15, 0.2) is 5.78 Å². The maximum Gasteiger partial charge on any atom is 0.167 e. The summed E-state index contributed by atoms with van der Waals surface area (Å²) in [6.07, 6.45) is 7.03. The molecule has 1 aromatic rings. The third kappa shape index (κ3) is 1.58. The lowest BCUT2D eigenvalue weighted by atomic mass is 9.73. The van der Waals surface area contributed by atoms with Crippen molar-refractivity contribution in [3.05, 3.63) is 52.6 Å². The molecule has 0 saturated carbocycles. The Morgan fingerprint density at radius 1 is 1.22 bits per heavy atom. The third-order valence-electron chi connectivity index (χ3n) is 4.13. The summed E-state index contributed by atoms with van der Waals surface area (Å²) in [5.74, 6) is 0.243. The number of allylic oxidation sites excluding steroid dienone is 4. The van der Waals surface area contributed by atoms with E-state index in [9.17, 15) is 4.79 Å². The Morgan fingerprint density at radius 2 is 2.06 bits per heavy atom. The highest BCUT2D eigenvalue weighted by Gasteiger charge is 2.30. The molecule has 1 heteroatoms. The Labute approximate surface area is 108 Å². The summed E-state index contributed by atoms with van der Waals surface area (Å²) in [5.41, 5.74) is 6.52. The van der Waals surface area contributed by atoms with E-state index in [2.05, 4.69) is 38.1 Å². The minimum atomic E-state index is -0.0183. The minimum Gasteiger partial charge on any atom is -0.294 e. The van der Waals surface area contributed by atoms with Crippen molar-refractivity contribution >= 4 is 11.4 Å². The van der Waals surface area contributed by atoms with Gasteiger partial charge in [-0.3, -0.25) is 4.79 Å². The smallest absolute Gasteiger partial charge is 0.167 e. The predicted octanol–water partition coefficient (Wildman–Crippen LogP) is 4.04. The Hall–Kier alpha value is -1.63. The molecular formula is C17H18O. The summed E-state index contributed by atoms with van der Waals surface area (Å²) in [6.45, 7) is 4.29. The van der Waals surface area contributed by atoms with Crippen LogP contribution in [0.1, 0.15) is 49.3 Å². The maximum atomic E-state index is 12.3. The summed E-state index contributed by atoms with van der Waals surface area (Å²) in [5, 5.41) is 0. The topological polar surface area (TPSA) is 17.1 Å². The van der Waals surface area contributed by atoms with Crippen LogP contribution in [0, 0.1) is 0 Å². The van der Waals surface area contributed by atoms with Gasteiger partial charge in [-0.1, -0.05) is 43.7 Å². The number of hydrogen-bond acceptors (Lipinski definition) is 1. The molecule has 92 valence electrons. The molecule has 0 aromatic heterocycles. The van der Waals surface area contributed by atoms with E-state index in [4.69, 9.17) is 0 Å². The van der Waals surface area contributed by atoms with Gasteiger partial charge in [-0.2, -0.15) is 0 Å². The van der Waals surface area contributed by atoms with E-state index in [1.54, 1.807) is 0 Å². The van der Waals surface area contributed by atoms with Crippen molar-refractivity contribution in [3.63, 3.8) is 0 Å². The summed E-state index contributed by atoms with van der Waals surface area (Å²) < 4.78 is 0. The van der Waals surface area contributed by atoms with Gasteiger partial charge >= 0.3 is 0 Å². The highest BCUT2D eigenvalue weighted by Crippen LogP contribution is 2.41. The van der Waals surface area contributed by atoms with E-state index in [1.165, 1.54) is 27.8 Å². The zero-order valence-corrected chi connectivity index (χ0v) is 11.0. The van der Waals surface area contributed by atoms with Crippen molar-refractivity contribution in [2.75, 3.05) is 0 Å². The molecule has 1 unspecified atom stereocenters. The standard InChI is InChI=1S/C17H18O/c1-3-11-8-13-6-5-7-14-12(4-2)10-16(18)15(9-11)17(13)14/h5-7,9-10,15H,3-4,8H2,1-2H3. The summed E-state index contributed by atoms with van der Waals surface area (Å²) in [7, 11) is 0. The van der Waals surface area contributed by atoms with Gasteiger partial charge in [-0.05, 0) is 47.6 Å². The van der Waals surface area contributed by atoms with Gasteiger partial charge in [0.1, 0.15) is 0 Å². The molecule has 0 aliphatic heterocycles. The molecule has 2 aliphatic carbocycles. The van der Waals surface area contributed by atoms with Crippen molar-refractivity contribution in [2.45, 2.75) is 39.0 Å². The molecule has 0 saturated heterocycles. The lowest BCUT2D eigenvalue weighted by Gasteiger charge is -2.29. The van der Waals surface area contributed by atoms with Gasteiger partial charge in [-0.15, -0.1) is 0 Å². The lowest BCUT2D eigenvalue weighted by Crippen LogP contribution is -2.21. The fourth-order valence-electron chi connectivity index (χ4n) is 3.14. The zero-order valence-electron chi connectivity index (χ0n) is 11.0. The van der Waals surface area contributed by atoms with Crippen LogP contribution in [0.2, 0.25) is 0 Å². The largest absolute Gasteiger partial charge is 0.294 e. The van der Waals surface area contributed by atoms with Crippen LogP contribution in [0.25, 0.3) is 5.57 Å². The quantitative estimate of drug-likeness (QED) is 0.711. The summed E-state index contributed by atoms with van der Waals surface area (Å²) >= 11 is 0. The number of hydrogen-bond donors (Lipinski definition) is 0. The zero-order chi connectivity index (χ0) is 12.7. The molecule has 0 amide bonds. The first kappa shape index (κ1) is 11.5. The number of ketones is 1. The molecule has 3 rings (SSSR count). The van der Waals surface area contributed by atoms with Crippen LogP contribution in [0.15, 0.2) is 35.9 Å². The van der Waals surface area contributed by atoms with Gasteiger partial charge in [-0.25, -0.2) is 0 Å². The highest BCUT2D eigenvalue weighted by atomic mass is 16.1. The number of rotatable bonds is 2. The Morgan fingerprint density at radius 3 is 2.78 bits per heavy atom. The van der Waals surface area contributed by atoms with E-state index in [1.807, 2.05) is 6.08 Å². The molecule has 0 radical (unpaired) electrons.